The van der Waals surface area contributed by atoms with Gasteiger partial charge in [0.2, 0.25) is 0 Å². The van der Waals surface area contributed by atoms with Crippen LogP contribution in [-0.2, 0) is 7.05 Å². The van der Waals surface area contributed by atoms with Gasteiger partial charge in [0.1, 0.15) is 16.7 Å². The summed E-state index contributed by atoms with van der Waals surface area (Å²) in [5, 5.41) is 0. The molecular weight excluding hydrogens is 270 g/mol. The van der Waals surface area contributed by atoms with E-state index < -0.39 is 0 Å². The molecule has 2 aromatic carbocycles. The van der Waals surface area contributed by atoms with Gasteiger partial charge >= 0.3 is 5.95 Å². The fourth-order valence-electron chi connectivity index (χ4n) is 3.27. The first-order valence-electron chi connectivity index (χ1n) is 7.80. The number of hydrogen-bond acceptors (Lipinski definition) is 1. The van der Waals surface area contributed by atoms with Crippen LogP contribution in [0, 0.1) is 6.92 Å². The molecule has 22 heavy (non-hydrogen) atoms. The minimum atomic E-state index is 0.396. The second-order valence-electron chi connectivity index (χ2n) is 6.16. The highest BCUT2D eigenvalue weighted by Crippen LogP contribution is 2.30. The van der Waals surface area contributed by atoms with Crippen molar-refractivity contribution in [2.75, 3.05) is 11.9 Å². The number of benzene rings is 2. The lowest BCUT2D eigenvalue weighted by Gasteiger charge is -2.18. The Morgan fingerprint density at radius 2 is 1.64 bits per heavy atom. The third-order valence-electron chi connectivity index (χ3n) is 4.31. The predicted molar refractivity (Wildman–Crippen MR) is 92.7 cm³/mol. The fourth-order valence-corrected chi connectivity index (χ4v) is 3.27. The van der Waals surface area contributed by atoms with Gasteiger partial charge in [0, 0.05) is 0 Å². The lowest BCUT2D eigenvalue weighted by atomic mass is 10.2. The van der Waals surface area contributed by atoms with E-state index in [9.17, 15) is 0 Å². The first kappa shape index (κ1) is 14.6. The maximum absolute atomic E-state index is 2.40. The van der Waals surface area contributed by atoms with Crippen LogP contribution in [0.4, 0.5) is 11.6 Å². The Hall–Kier alpha value is -2.29. The van der Waals surface area contributed by atoms with Gasteiger partial charge in [-0.25, -0.2) is 14.0 Å². The highest BCUT2D eigenvalue weighted by atomic mass is 15.3. The zero-order valence-electron chi connectivity index (χ0n) is 14.0. The largest absolute Gasteiger partial charge is 0.365 e. The van der Waals surface area contributed by atoms with E-state index in [1.54, 1.807) is 0 Å². The summed E-state index contributed by atoms with van der Waals surface area (Å²) in [6.45, 7) is 6.64. The molecule has 3 heteroatoms. The highest BCUT2D eigenvalue weighted by molar-refractivity contribution is 5.76. The fraction of sp³-hybridized carbons (Fsp3) is 0.316. The van der Waals surface area contributed by atoms with E-state index in [1.807, 2.05) is 0 Å². The van der Waals surface area contributed by atoms with Crippen molar-refractivity contribution < 1.29 is 4.57 Å². The van der Waals surface area contributed by atoms with Crippen LogP contribution in [0.3, 0.4) is 0 Å². The zero-order valence-corrected chi connectivity index (χ0v) is 14.0. The first-order valence-corrected chi connectivity index (χ1v) is 7.80. The van der Waals surface area contributed by atoms with Crippen LogP contribution in [0.15, 0.2) is 48.5 Å². The molecule has 0 saturated carbocycles. The topological polar surface area (TPSA) is 12.1 Å². The highest BCUT2D eigenvalue weighted by Gasteiger charge is 2.28. The van der Waals surface area contributed by atoms with E-state index in [0.29, 0.717) is 6.04 Å². The smallest absolute Gasteiger partial charge is 0.234 e. The zero-order chi connectivity index (χ0) is 15.9. The molecule has 0 N–H and O–H groups in total. The maximum atomic E-state index is 2.40. The SMILES string of the molecule is Cc1ccccc1N(C)c1n(C(C)C)c2ccccc2[n+]1C. The molecule has 0 aliphatic heterocycles. The lowest BCUT2D eigenvalue weighted by Crippen LogP contribution is -2.36. The van der Waals surface area contributed by atoms with Gasteiger partial charge < -0.3 is 0 Å². The van der Waals surface area contributed by atoms with E-state index in [2.05, 4.69) is 97.4 Å². The Morgan fingerprint density at radius 3 is 2.32 bits per heavy atom. The van der Waals surface area contributed by atoms with Crippen molar-refractivity contribution in [2.24, 2.45) is 7.05 Å². The van der Waals surface area contributed by atoms with E-state index in [-0.39, 0.29) is 0 Å². The number of imidazole rings is 1. The Labute approximate surface area is 132 Å². The molecule has 0 unspecified atom stereocenters. The molecule has 0 fully saturated rings. The molecule has 0 bridgehead atoms. The summed E-state index contributed by atoms with van der Waals surface area (Å²) >= 11 is 0. The number of para-hydroxylation sites is 3. The van der Waals surface area contributed by atoms with Crippen LogP contribution < -0.4 is 9.47 Å². The standard InChI is InChI=1S/C19H24N3/c1-14(2)22-18-13-9-8-12-17(18)21(5)19(22)20(4)16-11-7-6-10-15(16)3/h6-14H,1-5H3/q+1. The van der Waals surface area contributed by atoms with Crippen molar-refractivity contribution in [1.82, 2.24) is 4.57 Å². The number of fused-ring (bicyclic) bond motifs is 1. The van der Waals surface area contributed by atoms with E-state index >= 15 is 0 Å². The molecule has 1 aromatic heterocycles. The molecular formula is C19H24N3+. The van der Waals surface area contributed by atoms with Crippen molar-refractivity contribution in [3.63, 3.8) is 0 Å². The summed E-state index contributed by atoms with van der Waals surface area (Å²) in [5.41, 5.74) is 5.05. The summed E-state index contributed by atoms with van der Waals surface area (Å²) < 4.78 is 4.68. The van der Waals surface area contributed by atoms with Crippen molar-refractivity contribution in [3.05, 3.63) is 54.1 Å². The van der Waals surface area contributed by atoms with Gasteiger partial charge in [0.25, 0.3) is 0 Å². The number of aryl methyl sites for hydroxylation is 2. The second kappa shape index (κ2) is 5.48. The number of aromatic nitrogens is 2. The Bertz CT molecular complexity index is 815. The Kier molecular flexibility index (Phi) is 3.65. The summed E-state index contributed by atoms with van der Waals surface area (Å²) in [4.78, 5) is 2.29. The molecule has 0 radical (unpaired) electrons. The average molecular weight is 294 g/mol. The summed E-state index contributed by atoms with van der Waals surface area (Å²) in [6, 6.07) is 17.5. The molecule has 0 amide bonds. The van der Waals surface area contributed by atoms with Crippen LogP contribution >= 0.6 is 0 Å². The maximum Gasteiger partial charge on any atom is 0.365 e. The molecule has 3 aromatic rings. The molecule has 114 valence electrons. The molecule has 0 spiro atoms. The summed E-state index contributed by atoms with van der Waals surface area (Å²) in [6.07, 6.45) is 0. The number of rotatable bonds is 3. The normalized spacial score (nSPS) is 11.4. The van der Waals surface area contributed by atoms with Gasteiger partial charge in [-0.05, 0) is 44.5 Å². The van der Waals surface area contributed by atoms with Crippen molar-refractivity contribution >= 4 is 22.7 Å². The monoisotopic (exact) mass is 294 g/mol. The van der Waals surface area contributed by atoms with Crippen LogP contribution in [0.2, 0.25) is 0 Å². The van der Waals surface area contributed by atoms with E-state index in [1.165, 1.54) is 28.2 Å². The van der Waals surface area contributed by atoms with Gasteiger partial charge in [0.15, 0.2) is 0 Å². The minimum absolute atomic E-state index is 0.396. The van der Waals surface area contributed by atoms with Gasteiger partial charge in [0.05, 0.1) is 20.1 Å². The molecule has 3 nitrogen and oxygen atoms in total. The van der Waals surface area contributed by atoms with Crippen LogP contribution in [0.5, 0.6) is 0 Å². The number of hydrogen-bond donors (Lipinski definition) is 0. The third kappa shape index (κ3) is 2.17. The van der Waals surface area contributed by atoms with E-state index in [4.69, 9.17) is 0 Å². The van der Waals surface area contributed by atoms with Crippen molar-refractivity contribution in [1.29, 1.82) is 0 Å². The second-order valence-corrected chi connectivity index (χ2v) is 6.16. The van der Waals surface area contributed by atoms with Crippen LogP contribution in [0.25, 0.3) is 11.0 Å². The molecule has 0 aliphatic carbocycles. The van der Waals surface area contributed by atoms with Gasteiger partial charge in [-0.2, -0.15) is 0 Å². The number of nitrogens with zero attached hydrogens (tertiary/aromatic N) is 3. The van der Waals surface area contributed by atoms with Crippen molar-refractivity contribution in [2.45, 2.75) is 26.8 Å². The minimum Gasteiger partial charge on any atom is -0.234 e. The lowest BCUT2D eigenvalue weighted by molar-refractivity contribution is -0.632. The molecule has 3 rings (SSSR count). The Morgan fingerprint density at radius 1 is 1.00 bits per heavy atom. The average Bonchev–Trinajstić information content (AvgIpc) is 2.81. The summed E-state index contributed by atoms with van der Waals surface area (Å²) in [5.74, 6) is 1.20. The van der Waals surface area contributed by atoms with Crippen LogP contribution in [-0.4, -0.2) is 11.6 Å². The summed E-state index contributed by atoms with van der Waals surface area (Å²) in [7, 11) is 4.29. The number of anilines is 2. The molecule has 0 saturated heterocycles. The quantitative estimate of drug-likeness (QED) is 0.662. The predicted octanol–water partition coefficient (Wildman–Crippen LogP) is 4.12. The van der Waals surface area contributed by atoms with Crippen molar-refractivity contribution in [3.8, 4) is 0 Å². The molecule has 1 heterocycles. The van der Waals surface area contributed by atoms with Crippen LogP contribution in [0.1, 0.15) is 25.5 Å². The third-order valence-corrected chi connectivity index (χ3v) is 4.31. The van der Waals surface area contributed by atoms with Gasteiger partial charge in [-0.1, -0.05) is 30.3 Å². The Balaban J connectivity index is 2.28. The molecule has 0 atom stereocenters. The first-order chi connectivity index (χ1) is 10.5. The van der Waals surface area contributed by atoms with Gasteiger partial charge in [-0.15, -0.1) is 0 Å². The van der Waals surface area contributed by atoms with Gasteiger partial charge in [-0.3, -0.25) is 0 Å². The molecule has 0 aliphatic rings. The van der Waals surface area contributed by atoms with E-state index in [0.717, 1.165) is 0 Å².